The van der Waals surface area contributed by atoms with Crippen LogP contribution in [-0.4, -0.2) is 4.98 Å². The summed E-state index contributed by atoms with van der Waals surface area (Å²) in [6, 6.07) is 8.66. The van der Waals surface area contributed by atoms with Crippen molar-refractivity contribution in [1.82, 2.24) is 4.98 Å². The van der Waals surface area contributed by atoms with Crippen LogP contribution >= 0.6 is 23.2 Å². The lowest BCUT2D eigenvalue weighted by Gasteiger charge is -2.04. The van der Waals surface area contributed by atoms with Crippen molar-refractivity contribution >= 4 is 23.2 Å². The van der Waals surface area contributed by atoms with Gasteiger partial charge in [0, 0.05) is 21.8 Å². The zero-order chi connectivity index (χ0) is 11.7. The molecule has 1 aromatic heterocycles. The minimum Gasteiger partial charge on any atom is -0.326 e. The van der Waals surface area contributed by atoms with Gasteiger partial charge in [-0.05, 0) is 31.2 Å². The number of aromatic nitrogens is 1. The van der Waals surface area contributed by atoms with Crippen LogP contribution in [0.3, 0.4) is 0 Å². The molecule has 1 N–H and O–H groups in total. The third-order valence-electron chi connectivity index (χ3n) is 2.28. The average Bonchev–Trinajstić information content (AvgIpc) is 2.19. The van der Waals surface area contributed by atoms with E-state index < -0.39 is 0 Å². The van der Waals surface area contributed by atoms with E-state index in [9.17, 15) is 4.79 Å². The lowest BCUT2D eigenvalue weighted by molar-refractivity contribution is 1.15. The molecule has 16 heavy (non-hydrogen) atoms. The highest BCUT2D eigenvalue weighted by molar-refractivity contribution is 6.36. The van der Waals surface area contributed by atoms with Crippen LogP contribution in [0.5, 0.6) is 0 Å². The highest BCUT2D eigenvalue weighted by Crippen LogP contribution is 2.28. The summed E-state index contributed by atoms with van der Waals surface area (Å²) in [7, 11) is 0. The third-order valence-corrected chi connectivity index (χ3v) is 2.82. The summed E-state index contributed by atoms with van der Waals surface area (Å²) < 4.78 is 0. The molecule has 0 aliphatic carbocycles. The van der Waals surface area contributed by atoms with E-state index >= 15 is 0 Å². The van der Waals surface area contributed by atoms with Crippen molar-refractivity contribution in [2.75, 3.05) is 0 Å². The Kier molecular flexibility index (Phi) is 3.03. The number of hydrogen-bond donors (Lipinski definition) is 1. The van der Waals surface area contributed by atoms with Crippen molar-refractivity contribution in [1.29, 1.82) is 0 Å². The molecule has 0 aliphatic rings. The number of benzene rings is 1. The number of aryl methyl sites for hydroxylation is 1. The van der Waals surface area contributed by atoms with Crippen molar-refractivity contribution in [3.8, 4) is 11.1 Å². The second-order valence-electron chi connectivity index (χ2n) is 3.51. The minimum atomic E-state index is -0.149. The summed E-state index contributed by atoms with van der Waals surface area (Å²) in [6.07, 6.45) is 0. The molecule has 2 aromatic rings. The molecule has 0 unspecified atom stereocenters. The van der Waals surface area contributed by atoms with E-state index in [4.69, 9.17) is 23.2 Å². The highest BCUT2D eigenvalue weighted by Gasteiger charge is 2.07. The zero-order valence-corrected chi connectivity index (χ0v) is 10.1. The zero-order valence-electron chi connectivity index (χ0n) is 8.55. The molecule has 0 atom stereocenters. The van der Waals surface area contributed by atoms with Crippen LogP contribution < -0.4 is 5.56 Å². The van der Waals surface area contributed by atoms with Gasteiger partial charge in [0.2, 0.25) is 0 Å². The number of aromatic amines is 1. The molecule has 0 fully saturated rings. The van der Waals surface area contributed by atoms with Crippen LogP contribution in [-0.2, 0) is 0 Å². The van der Waals surface area contributed by atoms with E-state index in [-0.39, 0.29) is 5.56 Å². The molecule has 0 spiro atoms. The maximum absolute atomic E-state index is 11.7. The Morgan fingerprint density at radius 3 is 2.38 bits per heavy atom. The number of H-pyrrole nitrogens is 1. The van der Waals surface area contributed by atoms with Crippen LogP contribution in [0.15, 0.2) is 35.1 Å². The predicted molar refractivity (Wildman–Crippen MR) is 67.3 cm³/mol. The van der Waals surface area contributed by atoms with Crippen LogP contribution in [0.2, 0.25) is 10.0 Å². The van der Waals surface area contributed by atoms with E-state index in [1.165, 1.54) is 0 Å². The summed E-state index contributed by atoms with van der Waals surface area (Å²) in [5, 5.41) is 1.03. The lowest BCUT2D eigenvalue weighted by Crippen LogP contribution is -2.09. The first-order chi connectivity index (χ1) is 7.58. The van der Waals surface area contributed by atoms with Gasteiger partial charge in [0.05, 0.1) is 5.02 Å². The molecule has 1 heterocycles. The Hall–Kier alpha value is -1.25. The Morgan fingerprint density at radius 2 is 1.75 bits per heavy atom. The molecule has 2 rings (SSSR count). The topological polar surface area (TPSA) is 32.9 Å². The molecule has 82 valence electrons. The van der Waals surface area contributed by atoms with Gasteiger partial charge in [0.15, 0.2) is 0 Å². The second-order valence-corrected chi connectivity index (χ2v) is 4.35. The van der Waals surface area contributed by atoms with Crippen molar-refractivity contribution in [3.63, 3.8) is 0 Å². The van der Waals surface area contributed by atoms with Crippen LogP contribution in [0, 0.1) is 6.92 Å². The number of hydrogen-bond acceptors (Lipinski definition) is 1. The number of halogens is 2. The Balaban J connectivity index is 2.63. The standard InChI is InChI=1S/C12H9Cl2NO/c1-7-2-4-10(12(16)15-7)9-5-3-8(13)6-11(9)14/h2-6H,1H3,(H,15,16). The SMILES string of the molecule is Cc1ccc(-c2ccc(Cl)cc2Cl)c(=O)[nH]1. The first-order valence-electron chi connectivity index (χ1n) is 4.73. The maximum Gasteiger partial charge on any atom is 0.256 e. The number of nitrogens with one attached hydrogen (secondary N) is 1. The third kappa shape index (κ3) is 2.13. The highest BCUT2D eigenvalue weighted by atomic mass is 35.5. The van der Waals surface area contributed by atoms with Crippen molar-refractivity contribution in [2.45, 2.75) is 6.92 Å². The van der Waals surface area contributed by atoms with E-state index in [0.717, 1.165) is 5.69 Å². The molecule has 1 aromatic carbocycles. The van der Waals surface area contributed by atoms with Gasteiger partial charge in [-0.25, -0.2) is 0 Å². The van der Waals surface area contributed by atoms with Crippen molar-refractivity contribution in [3.05, 3.63) is 56.4 Å². The van der Waals surface area contributed by atoms with Crippen LogP contribution in [0.1, 0.15) is 5.69 Å². The minimum absolute atomic E-state index is 0.149. The largest absolute Gasteiger partial charge is 0.326 e. The maximum atomic E-state index is 11.7. The molecule has 0 radical (unpaired) electrons. The first-order valence-corrected chi connectivity index (χ1v) is 5.49. The fourth-order valence-electron chi connectivity index (χ4n) is 1.49. The molecule has 0 saturated carbocycles. The summed E-state index contributed by atoms with van der Waals surface area (Å²) >= 11 is 11.8. The van der Waals surface area contributed by atoms with Crippen LogP contribution in [0.4, 0.5) is 0 Å². The number of pyridine rings is 1. The Morgan fingerprint density at radius 1 is 1.06 bits per heavy atom. The van der Waals surface area contributed by atoms with Gasteiger partial charge >= 0.3 is 0 Å². The van der Waals surface area contributed by atoms with Crippen molar-refractivity contribution in [2.24, 2.45) is 0 Å². The van der Waals surface area contributed by atoms with Gasteiger partial charge in [-0.2, -0.15) is 0 Å². The first kappa shape index (κ1) is 11.2. The molecule has 0 bridgehead atoms. The number of rotatable bonds is 1. The van der Waals surface area contributed by atoms with Gasteiger partial charge in [-0.15, -0.1) is 0 Å². The Labute approximate surface area is 103 Å². The van der Waals surface area contributed by atoms with Gasteiger partial charge in [-0.3, -0.25) is 4.79 Å². The van der Waals surface area contributed by atoms with Gasteiger partial charge in [0.25, 0.3) is 5.56 Å². The quantitative estimate of drug-likeness (QED) is 0.827. The predicted octanol–water partition coefficient (Wildman–Crippen LogP) is 3.66. The molecule has 0 aliphatic heterocycles. The molecular weight excluding hydrogens is 245 g/mol. The summed E-state index contributed by atoms with van der Waals surface area (Å²) in [4.78, 5) is 14.5. The fourth-order valence-corrected chi connectivity index (χ4v) is 2.00. The fraction of sp³-hybridized carbons (Fsp3) is 0.0833. The summed E-state index contributed by atoms with van der Waals surface area (Å²) in [5.74, 6) is 0. The molecule has 0 saturated heterocycles. The van der Waals surface area contributed by atoms with E-state index in [0.29, 0.717) is 21.2 Å². The molecule has 0 amide bonds. The van der Waals surface area contributed by atoms with Gasteiger partial charge < -0.3 is 4.98 Å². The van der Waals surface area contributed by atoms with E-state index in [1.54, 1.807) is 24.3 Å². The summed E-state index contributed by atoms with van der Waals surface area (Å²) in [5.41, 5.74) is 1.91. The van der Waals surface area contributed by atoms with E-state index in [2.05, 4.69) is 4.98 Å². The molecule has 2 nitrogen and oxygen atoms in total. The molecular formula is C12H9Cl2NO. The van der Waals surface area contributed by atoms with Crippen molar-refractivity contribution < 1.29 is 0 Å². The smallest absolute Gasteiger partial charge is 0.256 e. The Bertz CT molecular complexity index is 590. The summed E-state index contributed by atoms with van der Waals surface area (Å²) in [6.45, 7) is 1.83. The second kappa shape index (κ2) is 4.32. The van der Waals surface area contributed by atoms with Gasteiger partial charge in [-0.1, -0.05) is 29.3 Å². The van der Waals surface area contributed by atoms with Gasteiger partial charge in [0.1, 0.15) is 0 Å². The average molecular weight is 254 g/mol. The normalized spacial score (nSPS) is 10.4. The van der Waals surface area contributed by atoms with Crippen LogP contribution in [0.25, 0.3) is 11.1 Å². The monoisotopic (exact) mass is 253 g/mol. The van der Waals surface area contributed by atoms with E-state index in [1.807, 2.05) is 13.0 Å². The lowest BCUT2D eigenvalue weighted by atomic mass is 10.1. The molecule has 4 heteroatoms.